The molecule has 1 heterocycles. The van der Waals surface area contributed by atoms with Gasteiger partial charge in [0.1, 0.15) is 36.3 Å². The summed E-state index contributed by atoms with van der Waals surface area (Å²) in [5.41, 5.74) is 5.14. The van der Waals surface area contributed by atoms with Gasteiger partial charge in [0.2, 0.25) is 0 Å². The molecule has 0 bridgehead atoms. The molecule has 0 saturated carbocycles. The summed E-state index contributed by atoms with van der Waals surface area (Å²) < 4.78 is 11.5. The van der Waals surface area contributed by atoms with Crippen molar-refractivity contribution in [2.45, 2.75) is 26.9 Å². The monoisotopic (exact) mass is 405 g/mol. The third-order valence-electron chi connectivity index (χ3n) is 4.62. The van der Waals surface area contributed by atoms with Crippen LogP contribution in [-0.2, 0) is 0 Å². The molecule has 3 rings (SSSR count). The number of benzene rings is 2. The van der Waals surface area contributed by atoms with Gasteiger partial charge in [0.15, 0.2) is 0 Å². The van der Waals surface area contributed by atoms with Gasteiger partial charge in [0.05, 0.1) is 11.8 Å². The Morgan fingerprint density at radius 1 is 1.11 bits per heavy atom. The molecule has 0 aliphatic heterocycles. The van der Waals surface area contributed by atoms with Crippen LogP contribution in [0.25, 0.3) is 11.0 Å². The van der Waals surface area contributed by atoms with Gasteiger partial charge in [-0.25, -0.2) is 4.98 Å². The fraction of sp³-hybridized carbons (Fsp3) is 0.381. The fourth-order valence-electron chi connectivity index (χ4n) is 2.91. The Morgan fingerprint density at radius 2 is 1.89 bits per heavy atom. The van der Waals surface area contributed by atoms with Crippen molar-refractivity contribution in [3.8, 4) is 11.5 Å². The van der Waals surface area contributed by atoms with E-state index >= 15 is 0 Å². The number of rotatable bonds is 9. The molecule has 3 N–H and O–H groups in total. The lowest BCUT2D eigenvalue weighted by atomic mass is 10.1. The van der Waals surface area contributed by atoms with E-state index in [1.165, 1.54) is 0 Å². The first-order valence-corrected chi connectivity index (χ1v) is 9.19. The van der Waals surface area contributed by atoms with Crippen LogP contribution < -0.4 is 14.8 Å². The zero-order valence-electron chi connectivity index (χ0n) is 16.5. The molecule has 0 spiro atoms. The third-order valence-corrected chi connectivity index (χ3v) is 4.62. The molecule has 1 atom stereocenters. The molecule has 1 unspecified atom stereocenters. The van der Waals surface area contributed by atoms with Crippen molar-refractivity contribution in [2.75, 3.05) is 26.3 Å². The quantitative estimate of drug-likeness (QED) is 0.476. The number of aromatic nitrogens is 2. The Hall–Kier alpha value is -2.28. The molecule has 152 valence electrons. The number of halogens is 1. The Balaban J connectivity index is 0.00000280. The predicted octanol–water partition coefficient (Wildman–Crippen LogP) is 3.32. The minimum absolute atomic E-state index is 0. The minimum atomic E-state index is -0.608. The second-order valence-electron chi connectivity index (χ2n) is 6.73. The van der Waals surface area contributed by atoms with Gasteiger partial charge in [-0.1, -0.05) is 18.2 Å². The predicted molar refractivity (Wildman–Crippen MR) is 114 cm³/mol. The van der Waals surface area contributed by atoms with Crippen LogP contribution in [0.2, 0.25) is 0 Å². The van der Waals surface area contributed by atoms with E-state index in [-0.39, 0.29) is 19.0 Å². The van der Waals surface area contributed by atoms with Crippen LogP contribution in [0, 0.1) is 20.8 Å². The van der Waals surface area contributed by atoms with E-state index < -0.39 is 6.10 Å². The van der Waals surface area contributed by atoms with E-state index in [1.54, 1.807) is 6.33 Å². The first kappa shape index (κ1) is 22.0. The van der Waals surface area contributed by atoms with Crippen LogP contribution >= 0.6 is 12.4 Å². The summed E-state index contributed by atoms with van der Waals surface area (Å²) in [6.07, 6.45) is 1.05. The number of H-pyrrole nitrogens is 1. The molecular weight excluding hydrogens is 378 g/mol. The number of nitrogens with one attached hydrogen (secondary N) is 2. The summed E-state index contributed by atoms with van der Waals surface area (Å²) in [6, 6.07) is 9.90. The number of para-hydroxylation sites is 1. The average molecular weight is 406 g/mol. The second-order valence-corrected chi connectivity index (χ2v) is 6.73. The van der Waals surface area contributed by atoms with Crippen molar-refractivity contribution >= 4 is 23.4 Å². The number of ether oxygens (including phenoxy) is 2. The number of aryl methyl sites for hydroxylation is 3. The molecule has 0 fully saturated rings. The Bertz CT molecular complexity index is 898. The minimum Gasteiger partial charge on any atom is -0.492 e. The van der Waals surface area contributed by atoms with Crippen LogP contribution in [0.4, 0.5) is 0 Å². The Labute approximate surface area is 171 Å². The largest absolute Gasteiger partial charge is 0.492 e. The zero-order valence-corrected chi connectivity index (χ0v) is 17.3. The number of hydrogen-bond acceptors (Lipinski definition) is 5. The summed E-state index contributed by atoms with van der Waals surface area (Å²) in [5, 5.41) is 13.4. The van der Waals surface area contributed by atoms with Crippen LogP contribution in [0.5, 0.6) is 11.5 Å². The average Bonchev–Trinajstić information content (AvgIpc) is 3.15. The van der Waals surface area contributed by atoms with Crippen LogP contribution in [-0.4, -0.2) is 47.5 Å². The molecule has 6 nitrogen and oxygen atoms in total. The highest BCUT2D eigenvalue weighted by molar-refractivity contribution is 5.85. The van der Waals surface area contributed by atoms with Gasteiger partial charge in [-0.2, -0.15) is 0 Å². The fourth-order valence-corrected chi connectivity index (χ4v) is 2.91. The van der Waals surface area contributed by atoms with E-state index in [0.29, 0.717) is 25.4 Å². The normalized spacial score (nSPS) is 11.9. The molecule has 7 heteroatoms. The summed E-state index contributed by atoms with van der Waals surface area (Å²) in [7, 11) is 0. The number of imidazole rings is 1. The van der Waals surface area contributed by atoms with E-state index in [2.05, 4.69) is 15.3 Å². The van der Waals surface area contributed by atoms with Crippen LogP contribution in [0.1, 0.15) is 16.7 Å². The van der Waals surface area contributed by atoms with Gasteiger partial charge in [-0.05, 0) is 49.6 Å². The zero-order chi connectivity index (χ0) is 19.2. The standard InChI is InChI=1S/C21H27N3O3.ClH/c1-14-6-4-5-7-18(14)26-9-8-22-11-17(25)12-27-19-10-15(2)16(3)20-21(19)24-13-23-20;/h4-7,10,13,17,22,25H,8-9,11-12H2,1-3H3,(H,23,24);1H. The van der Waals surface area contributed by atoms with Crippen molar-refractivity contribution in [1.82, 2.24) is 15.3 Å². The van der Waals surface area contributed by atoms with E-state index in [1.807, 2.05) is 51.1 Å². The highest BCUT2D eigenvalue weighted by Crippen LogP contribution is 2.28. The number of aromatic amines is 1. The van der Waals surface area contributed by atoms with Crippen molar-refractivity contribution in [1.29, 1.82) is 0 Å². The summed E-state index contributed by atoms with van der Waals surface area (Å²) in [6.45, 7) is 7.94. The van der Waals surface area contributed by atoms with Gasteiger partial charge in [-0.3, -0.25) is 0 Å². The topological polar surface area (TPSA) is 79.4 Å². The maximum Gasteiger partial charge on any atom is 0.145 e. The number of nitrogens with zero attached hydrogens (tertiary/aromatic N) is 1. The number of fused-ring (bicyclic) bond motifs is 1. The highest BCUT2D eigenvalue weighted by Gasteiger charge is 2.12. The van der Waals surface area contributed by atoms with Gasteiger partial charge < -0.3 is 24.9 Å². The van der Waals surface area contributed by atoms with Crippen molar-refractivity contribution < 1.29 is 14.6 Å². The molecule has 2 aromatic carbocycles. The van der Waals surface area contributed by atoms with Gasteiger partial charge in [0.25, 0.3) is 0 Å². The lowest BCUT2D eigenvalue weighted by Gasteiger charge is -2.15. The number of hydrogen-bond donors (Lipinski definition) is 3. The lowest BCUT2D eigenvalue weighted by molar-refractivity contribution is 0.106. The molecule has 0 saturated heterocycles. The Morgan fingerprint density at radius 3 is 2.68 bits per heavy atom. The van der Waals surface area contributed by atoms with Crippen molar-refractivity contribution in [3.63, 3.8) is 0 Å². The first-order valence-electron chi connectivity index (χ1n) is 9.19. The number of aliphatic hydroxyl groups is 1. The summed E-state index contributed by atoms with van der Waals surface area (Å²) >= 11 is 0. The second kappa shape index (κ2) is 10.3. The lowest BCUT2D eigenvalue weighted by Crippen LogP contribution is -2.33. The Kier molecular flexibility index (Phi) is 8.11. The maximum absolute atomic E-state index is 10.2. The van der Waals surface area contributed by atoms with E-state index in [0.717, 1.165) is 33.5 Å². The molecule has 0 amide bonds. The molecule has 28 heavy (non-hydrogen) atoms. The molecule has 3 aromatic rings. The number of aliphatic hydroxyl groups excluding tert-OH is 1. The van der Waals surface area contributed by atoms with Gasteiger partial charge in [0, 0.05) is 13.1 Å². The molecule has 1 aromatic heterocycles. The molecular formula is C21H28ClN3O3. The molecule has 0 aliphatic carbocycles. The van der Waals surface area contributed by atoms with Gasteiger partial charge in [-0.15, -0.1) is 12.4 Å². The van der Waals surface area contributed by atoms with E-state index in [9.17, 15) is 5.11 Å². The third kappa shape index (κ3) is 5.38. The summed E-state index contributed by atoms with van der Waals surface area (Å²) in [5.74, 6) is 1.61. The SMILES string of the molecule is Cc1ccccc1OCCNCC(O)COc1cc(C)c(C)c2nc[nH]c12.Cl. The van der Waals surface area contributed by atoms with E-state index in [4.69, 9.17) is 9.47 Å². The smallest absolute Gasteiger partial charge is 0.145 e. The molecule has 0 radical (unpaired) electrons. The van der Waals surface area contributed by atoms with Crippen LogP contribution in [0.15, 0.2) is 36.7 Å². The van der Waals surface area contributed by atoms with Crippen LogP contribution in [0.3, 0.4) is 0 Å². The van der Waals surface area contributed by atoms with Crippen molar-refractivity contribution in [2.24, 2.45) is 0 Å². The maximum atomic E-state index is 10.2. The molecule has 0 aliphatic rings. The van der Waals surface area contributed by atoms with Crippen molar-refractivity contribution in [3.05, 3.63) is 53.3 Å². The van der Waals surface area contributed by atoms with Gasteiger partial charge >= 0.3 is 0 Å². The summed E-state index contributed by atoms with van der Waals surface area (Å²) in [4.78, 5) is 7.45. The highest BCUT2D eigenvalue weighted by atomic mass is 35.5. The first-order chi connectivity index (χ1) is 13.1.